The summed E-state index contributed by atoms with van der Waals surface area (Å²) in [6.07, 6.45) is 0.388. The largest absolute Gasteiger partial charge is 0.374 e. The van der Waals surface area contributed by atoms with Crippen LogP contribution in [0.5, 0.6) is 0 Å². The van der Waals surface area contributed by atoms with Gasteiger partial charge >= 0.3 is 0 Å². The summed E-state index contributed by atoms with van der Waals surface area (Å²) in [7, 11) is 0. The van der Waals surface area contributed by atoms with Crippen molar-refractivity contribution >= 4 is 46.4 Å². The third-order valence-corrected chi connectivity index (χ3v) is 11.5. The number of ketones is 3. The summed E-state index contributed by atoms with van der Waals surface area (Å²) < 4.78 is 17.4. The number of amides is 3. The first-order chi connectivity index (χ1) is 25.7. The van der Waals surface area contributed by atoms with Crippen LogP contribution in [0, 0.1) is 23.2 Å². The Morgan fingerprint density at radius 1 is 1.09 bits per heavy atom. The van der Waals surface area contributed by atoms with Gasteiger partial charge in [0.25, 0.3) is 5.78 Å². The van der Waals surface area contributed by atoms with Crippen LogP contribution in [0.25, 0.3) is 11.3 Å². The lowest BCUT2D eigenvalue weighted by molar-refractivity contribution is -0.144. The average molecular weight is 766 g/mol. The first-order valence-corrected chi connectivity index (χ1v) is 19.7. The molecule has 0 saturated carbocycles. The van der Waals surface area contributed by atoms with Crippen molar-refractivity contribution in [2.45, 2.75) is 96.9 Å². The van der Waals surface area contributed by atoms with E-state index in [1.54, 1.807) is 5.38 Å². The van der Waals surface area contributed by atoms with Crippen LogP contribution in [0.15, 0.2) is 35.7 Å². The molecule has 3 amide bonds. The fraction of sp³-hybridized carbons (Fsp3) is 0.615. The Morgan fingerprint density at radius 2 is 1.85 bits per heavy atom. The number of carbonyl (C=O) groups is 6. The van der Waals surface area contributed by atoms with Crippen molar-refractivity contribution in [1.29, 1.82) is 0 Å². The van der Waals surface area contributed by atoms with Crippen LogP contribution >= 0.6 is 11.3 Å². The minimum atomic E-state index is -1.15. The van der Waals surface area contributed by atoms with E-state index in [-0.39, 0.29) is 67.2 Å². The number of fused-ring (bicyclic) bond motifs is 1. The summed E-state index contributed by atoms with van der Waals surface area (Å²) in [5, 5.41) is 10.5. The third kappa shape index (κ3) is 8.97. The molecule has 292 valence electrons. The first-order valence-electron chi connectivity index (χ1n) is 18.8. The third-order valence-electron chi connectivity index (χ3n) is 10.7. The molecule has 8 atom stereocenters. The molecule has 5 heterocycles. The van der Waals surface area contributed by atoms with Crippen molar-refractivity contribution < 1.29 is 43.0 Å². The highest BCUT2D eigenvalue weighted by Gasteiger charge is 2.49. The Hall–Kier alpha value is -3.89. The lowest BCUT2D eigenvalue weighted by Crippen LogP contribution is -2.58. The molecule has 6 rings (SSSR count). The first kappa shape index (κ1) is 39.8. The van der Waals surface area contributed by atoms with Crippen molar-refractivity contribution in [3.63, 3.8) is 0 Å². The van der Waals surface area contributed by atoms with Crippen LogP contribution in [0.3, 0.4) is 0 Å². The standard InChI is InChI=1S/C39H51N5O9S/c1-21(2)53-24-16-29(44(18-24)37(50)33(39(3,4)5)43-35(49)26-19-52-38-25(26)12-14-51-38)30(45)17-41-27(15-23-11-13-40-34(23)48)31(46)32(47)36-42-28(20-54-36)22-9-7-6-8-10-22/h6-10,20-21,23-27,29,33,38,41H,11-19H2,1-5H3,(H,40,48)(H,43,49)/t23?,24?,25?,26?,27?,29-,33+,38?/m0/s1. The van der Waals surface area contributed by atoms with Crippen molar-refractivity contribution in [2.24, 2.45) is 23.2 Å². The van der Waals surface area contributed by atoms with Crippen molar-refractivity contribution in [2.75, 3.05) is 32.8 Å². The number of hydrogen-bond acceptors (Lipinski definition) is 12. The molecule has 1 aromatic heterocycles. The minimum Gasteiger partial charge on any atom is -0.374 e. The summed E-state index contributed by atoms with van der Waals surface area (Å²) in [6, 6.07) is 6.26. The fourth-order valence-electron chi connectivity index (χ4n) is 7.79. The molecule has 14 nitrogen and oxygen atoms in total. The van der Waals surface area contributed by atoms with Gasteiger partial charge < -0.3 is 35.1 Å². The van der Waals surface area contributed by atoms with Gasteiger partial charge in [0.2, 0.25) is 23.5 Å². The maximum atomic E-state index is 14.5. The monoisotopic (exact) mass is 765 g/mol. The van der Waals surface area contributed by atoms with Gasteiger partial charge in [0.05, 0.1) is 55.7 Å². The summed E-state index contributed by atoms with van der Waals surface area (Å²) >= 11 is 1.06. The predicted molar refractivity (Wildman–Crippen MR) is 198 cm³/mol. The van der Waals surface area contributed by atoms with Gasteiger partial charge in [0.1, 0.15) is 6.04 Å². The Morgan fingerprint density at radius 3 is 2.54 bits per heavy atom. The zero-order valence-electron chi connectivity index (χ0n) is 31.5. The molecule has 4 fully saturated rings. The van der Waals surface area contributed by atoms with Gasteiger partial charge in [0, 0.05) is 42.3 Å². The molecule has 1 aromatic carbocycles. The second kappa shape index (κ2) is 16.9. The van der Waals surface area contributed by atoms with Crippen molar-refractivity contribution in [3.8, 4) is 11.3 Å². The summed E-state index contributed by atoms with van der Waals surface area (Å²) in [5.74, 6) is -3.97. The van der Waals surface area contributed by atoms with Gasteiger partial charge in [-0.25, -0.2) is 4.98 Å². The van der Waals surface area contributed by atoms with E-state index in [1.807, 2.05) is 65.0 Å². The minimum absolute atomic E-state index is 0.0168. The summed E-state index contributed by atoms with van der Waals surface area (Å²) in [4.78, 5) is 88.0. The molecule has 4 aliphatic rings. The Labute approximate surface area is 319 Å². The molecule has 54 heavy (non-hydrogen) atoms. The lowest BCUT2D eigenvalue weighted by atomic mass is 9.84. The Balaban J connectivity index is 1.18. The number of Topliss-reactive ketones (excluding diaryl/α,β-unsaturated/α-hetero) is 3. The van der Waals surface area contributed by atoms with Gasteiger partial charge in [-0.3, -0.25) is 28.8 Å². The molecule has 0 bridgehead atoms. The SMILES string of the molecule is CC(C)OC1C[C@@H](C(=O)CNC(CC2CCNC2=O)C(=O)C(=O)c2nc(-c3ccccc3)cs2)N(C(=O)[C@@H](NC(=O)C2COC3OCCC32)C(C)(C)C)C1. The molecule has 4 saturated heterocycles. The highest BCUT2D eigenvalue weighted by atomic mass is 32.1. The van der Waals surface area contributed by atoms with E-state index in [0.29, 0.717) is 31.7 Å². The average Bonchev–Trinajstić information content (AvgIpc) is 3.97. The molecular weight excluding hydrogens is 715 g/mol. The Kier molecular flexibility index (Phi) is 12.4. The molecule has 6 unspecified atom stereocenters. The quantitative estimate of drug-likeness (QED) is 0.179. The second-order valence-electron chi connectivity index (χ2n) is 16.0. The van der Waals surface area contributed by atoms with Crippen molar-refractivity contribution in [1.82, 2.24) is 25.8 Å². The van der Waals surface area contributed by atoms with E-state index >= 15 is 0 Å². The fourth-order valence-corrected chi connectivity index (χ4v) is 8.56. The number of rotatable bonds is 15. The van der Waals surface area contributed by atoms with Gasteiger partial charge in [0.15, 0.2) is 17.1 Å². The van der Waals surface area contributed by atoms with Crippen molar-refractivity contribution in [3.05, 3.63) is 40.7 Å². The summed E-state index contributed by atoms with van der Waals surface area (Å²) in [6.45, 7) is 10.3. The number of ether oxygens (including phenoxy) is 3. The predicted octanol–water partition coefficient (Wildman–Crippen LogP) is 2.55. The van der Waals surface area contributed by atoms with Crippen LogP contribution in [0.4, 0.5) is 0 Å². The maximum absolute atomic E-state index is 14.5. The van der Waals surface area contributed by atoms with Crippen LogP contribution in [0.1, 0.15) is 70.1 Å². The number of nitrogens with one attached hydrogen (secondary N) is 3. The highest BCUT2D eigenvalue weighted by molar-refractivity contribution is 7.13. The lowest BCUT2D eigenvalue weighted by Gasteiger charge is -2.36. The molecule has 0 spiro atoms. The smallest absolute Gasteiger partial charge is 0.258 e. The van der Waals surface area contributed by atoms with Gasteiger partial charge in [-0.2, -0.15) is 0 Å². The number of nitrogens with zero attached hydrogens (tertiary/aromatic N) is 2. The Bertz CT molecular complexity index is 1730. The molecular formula is C39H51N5O9S. The van der Waals surface area contributed by atoms with E-state index in [0.717, 1.165) is 16.9 Å². The number of carbonyl (C=O) groups excluding carboxylic acids is 6. The highest BCUT2D eigenvalue weighted by Crippen LogP contribution is 2.36. The number of thiazole rings is 1. The van der Waals surface area contributed by atoms with Gasteiger partial charge in [-0.05, 0) is 38.5 Å². The molecule has 0 aliphatic carbocycles. The molecule has 0 radical (unpaired) electrons. The summed E-state index contributed by atoms with van der Waals surface area (Å²) in [5.41, 5.74) is 0.654. The normalized spacial score (nSPS) is 26.4. The topological polar surface area (TPSA) is 182 Å². The number of hydrogen-bond donors (Lipinski definition) is 3. The van der Waals surface area contributed by atoms with E-state index in [4.69, 9.17) is 14.2 Å². The molecule has 2 aromatic rings. The van der Waals surface area contributed by atoms with Gasteiger partial charge in [-0.15, -0.1) is 11.3 Å². The molecule has 4 aliphatic heterocycles. The van der Waals surface area contributed by atoms with Crippen LogP contribution < -0.4 is 16.0 Å². The molecule has 3 N–H and O–H groups in total. The van der Waals surface area contributed by atoms with Crippen LogP contribution in [0.2, 0.25) is 0 Å². The van der Waals surface area contributed by atoms with E-state index in [9.17, 15) is 28.8 Å². The van der Waals surface area contributed by atoms with E-state index < -0.39 is 65.2 Å². The number of likely N-dealkylation sites (tertiary alicyclic amines) is 1. The second-order valence-corrected chi connectivity index (χ2v) is 16.9. The molecule has 15 heteroatoms. The number of benzene rings is 1. The van der Waals surface area contributed by atoms with Crippen LogP contribution in [-0.4, -0.2) is 114 Å². The maximum Gasteiger partial charge on any atom is 0.258 e. The van der Waals surface area contributed by atoms with Gasteiger partial charge in [-0.1, -0.05) is 51.1 Å². The van der Waals surface area contributed by atoms with E-state index in [1.165, 1.54) is 4.90 Å². The van der Waals surface area contributed by atoms with E-state index in [2.05, 4.69) is 20.9 Å². The zero-order chi connectivity index (χ0) is 38.7. The van der Waals surface area contributed by atoms with Crippen LogP contribution in [-0.2, 0) is 38.2 Å². The zero-order valence-corrected chi connectivity index (χ0v) is 32.3. The number of aromatic nitrogens is 1.